The molecule has 0 saturated carbocycles. The number of ether oxygens (including phenoxy) is 1. The van der Waals surface area contributed by atoms with Crippen molar-refractivity contribution in [1.29, 1.82) is 0 Å². The van der Waals surface area contributed by atoms with Crippen LogP contribution in [0.4, 0.5) is 20.6 Å². The van der Waals surface area contributed by atoms with Crippen LogP contribution >= 0.6 is 0 Å². The van der Waals surface area contributed by atoms with Crippen molar-refractivity contribution in [3.05, 3.63) is 24.0 Å². The lowest BCUT2D eigenvalue weighted by Gasteiger charge is -2.15. The molecule has 1 unspecified atom stereocenters. The van der Waals surface area contributed by atoms with Gasteiger partial charge in [-0.2, -0.15) is 0 Å². The number of hydrogen-bond donors (Lipinski definition) is 4. The molecule has 1 aromatic rings. The minimum Gasteiger partial charge on any atom is -0.443 e. The molecular weight excluding hydrogens is 277 g/mol. The summed E-state index contributed by atoms with van der Waals surface area (Å²) in [5.41, 5.74) is 3.33. The highest BCUT2D eigenvalue weighted by atomic mass is 19.1. The number of hydrazine groups is 1. The zero-order chi connectivity index (χ0) is 15.2. The van der Waals surface area contributed by atoms with Crippen molar-refractivity contribution >= 4 is 17.5 Å². The first-order valence-corrected chi connectivity index (χ1v) is 6.75. The van der Waals surface area contributed by atoms with Gasteiger partial charge in [0.15, 0.2) is 0 Å². The molecule has 2 rings (SSSR count). The quantitative estimate of drug-likeness (QED) is 0.327. The number of carbonyl (C=O) groups excluding carboxylic acids is 1. The first-order valence-electron chi connectivity index (χ1n) is 6.75. The monoisotopic (exact) mass is 297 g/mol. The van der Waals surface area contributed by atoms with E-state index in [4.69, 9.17) is 10.6 Å². The van der Waals surface area contributed by atoms with Gasteiger partial charge in [-0.15, -0.1) is 0 Å². The van der Waals surface area contributed by atoms with Crippen LogP contribution in [-0.2, 0) is 4.74 Å². The molecule has 21 heavy (non-hydrogen) atoms. The predicted octanol–water partition coefficient (Wildman–Crippen LogP) is 0.245. The second kappa shape index (κ2) is 7.21. The number of cyclic esters (lactones) is 1. The van der Waals surface area contributed by atoms with Gasteiger partial charge in [-0.3, -0.25) is 16.2 Å². The molecule has 116 valence electrons. The largest absolute Gasteiger partial charge is 0.443 e. The van der Waals surface area contributed by atoms with Crippen LogP contribution < -0.4 is 26.8 Å². The third-order valence-electron chi connectivity index (χ3n) is 3.16. The fourth-order valence-electron chi connectivity index (χ4n) is 2.15. The van der Waals surface area contributed by atoms with Crippen LogP contribution in [0.3, 0.4) is 0 Å². The maximum absolute atomic E-state index is 14.0. The molecule has 0 radical (unpaired) electrons. The highest BCUT2D eigenvalue weighted by Gasteiger charge is 2.32. The van der Waals surface area contributed by atoms with E-state index >= 15 is 0 Å². The van der Waals surface area contributed by atoms with Crippen molar-refractivity contribution < 1.29 is 13.9 Å². The van der Waals surface area contributed by atoms with Gasteiger partial charge in [0.1, 0.15) is 11.9 Å². The fourth-order valence-corrected chi connectivity index (χ4v) is 2.15. The summed E-state index contributed by atoms with van der Waals surface area (Å²) >= 11 is 0. The zero-order valence-corrected chi connectivity index (χ0v) is 11.9. The topological polar surface area (TPSA) is 91.6 Å². The Labute approximate surface area is 122 Å². The Kier molecular flexibility index (Phi) is 5.32. The third-order valence-corrected chi connectivity index (χ3v) is 3.16. The Bertz CT molecular complexity index is 499. The van der Waals surface area contributed by atoms with Gasteiger partial charge in [-0.1, -0.05) is 0 Å². The Balaban J connectivity index is 2.04. The number of anilines is 2. The third kappa shape index (κ3) is 3.81. The molecule has 7 nitrogen and oxygen atoms in total. The van der Waals surface area contributed by atoms with Crippen molar-refractivity contribution in [2.24, 2.45) is 5.84 Å². The minimum absolute atomic E-state index is 0.223. The van der Waals surface area contributed by atoms with E-state index in [9.17, 15) is 9.18 Å². The number of halogens is 1. The van der Waals surface area contributed by atoms with Gasteiger partial charge in [-0.25, -0.2) is 9.18 Å². The second-order valence-corrected chi connectivity index (χ2v) is 4.72. The van der Waals surface area contributed by atoms with Crippen molar-refractivity contribution in [1.82, 2.24) is 10.7 Å². The number of likely N-dealkylation sites (N-methyl/N-ethyl adjacent to an activating group) is 1. The van der Waals surface area contributed by atoms with E-state index in [1.807, 2.05) is 0 Å². The van der Waals surface area contributed by atoms with Gasteiger partial charge in [-0.05, 0) is 25.2 Å². The molecule has 1 amide bonds. The van der Waals surface area contributed by atoms with Crippen LogP contribution in [0.5, 0.6) is 0 Å². The number of nitrogens with one attached hydrogen (secondary N) is 3. The Morgan fingerprint density at radius 1 is 1.48 bits per heavy atom. The van der Waals surface area contributed by atoms with Gasteiger partial charge >= 0.3 is 6.09 Å². The lowest BCUT2D eigenvalue weighted by molar-refractivity contribution is 0.141. The maximum atomic E-state index is 14.0. The fraction of sp³-hybridized carbons (Fsp3) is 0.462. The Morgan fingerprint density at radius 2 is 2.29 bits per heavy atom. The molecule has 0 spiro atoms. The van der Waals surface area contributed by atoms with E-state index in [1.54, 1.807) is 19.2 Å². The van der Waals surface area contributed by atoms with Gasteiger partial charge < -0.3 is 15.4 Å². The normalized spacial score (nSPS) is 18.0. The molecule has 0 bridgehead atoms. The summed E-state index contributed by atoms with van der Waals surface area (Å²) in [6, 6.07) is 4.60. The van der Waals surface area contributed by atoms with Crippen molar-refractivity contribution in [2.45, 2.75) is 6.10 Å². The lowest BCUT2D eigenvalue weighted by atomic mass is 10.2. The van der Waals surface area contributed by atoms with E-state index in [0.29, 0.717) is 37.6 Å². The van der Waals surface area contributed by atoms with E-state index < -0.39 is 11.9 Å². The highest BCUT2D eigenvalue weighted by Crippen LogP contribution is 2.25. The van der Waals surface area contributed by atoms with Crippen LogP contribution in [0.25, 0.3) is 0 Å². The molecule has 8 heteroatoms. The number of benzene rings is 1. The first-order chi connectivity index (χ1) is 10.2. The number of nitrogens with zero attached hydrogens (tertiary/aromatic N) is 1. The smallest absolute Gasteiger partial charge is 0.414 e. The summed E-state index contributed by atoms with van der Waals surface area (Å²) in [4.78, 5) is 13.2. The average Bonchev–Trinajstić information content (AvgIpc) is 2.82. The van der Waals surface area contributed by atoms with Crippen LogP contribution in [0, 0.1) is 5.82 Å². The van der Waals surface area contributed by atoms with Crippen LogP contribution in [-0.4, -0.2) is 45.4 Å². The summed E-state index contributed by atoms with van der Waals surface area (Å²) in [6.45, 7) is 1.99. The van der Waals surface area contributed by atoms with Crippen molar-refractivity contribution in [3.8, 4) is 0 Å². The lowest BCUT2D eigenvalue weighted by Crippen LogP contribution is -2.29. The molecule has 0 aromatic heterocycles. The summed E-state index contributed by atoms with van der Waals surface area (Å²) in [7, 11) is 1.78. The van der Waals surface area contributed by atoms with Gasteiger partial charge in [0.25, 0.3) is 0 Å². The first kappa shape index (κ1) is 15.5. The minimum atomic E-state index is -0.456. The number of rotatable bonds is 7. The molecule has 1 aliphatic heterocycles. The number of hydrogen-bond acceptors (Lipinski definition) is 6. The van der Waals surface area contributed by atoms with Crippen LogP contribution in [0.1, 0.15) is 0 Å². The van der Waals surface area contributed by atoms with E-state index in [2.05, 4.69) is 16.1 Å². The molecule has 1 heterocycles. The van der Waals surface area contributed by atoms with Gasteiger partial charge in [0, 0.05) is 19.6 Å². The van der Waals surface area contributed by atoms with E-state index in [1.165, 1.54) is 11.0 Å². The maximum Gasteiger partial charge on any atom is 0.414 e. The highest BCUT2D eigenvalue weighted by molar-refractivity contribution is 5.90. The number of carbonyl (C=O) groups is 1. The van der Waals surface area contributed by atoms with Crippen LogP contribution in [0.15, 0.2) is 18.2 Å². The molecular formula is C13H20FN5O2. The molecule has 5 N–H and O–H groups in total. The standard InChI is InChI=1S/C13H20FN5O2/c1-16-7-10-8-19(13(20)21-10)9-2-3-12(11(14)6-9)17-4-5-18-15/h2-3,6,10,16-18H,4-5,7-8,15H2,1H3. The SMILES string of the molecule is CNCC1CN(c2ccc(NCCNN)c(F)c2)C(=O)O1. The molecule has 1 saturated heterocycles. The van der Waals surface area contributed by atoms with Gasteiger partial charge in [0.2, 0.25) is 0 Å². The summed E-state index contributed by atoms with van der Waals surface area (Å²) in [6.07, 6.45) is -0.679. The molecule has 1 aromatic carbocycles. The van der Waals surface area contributed by atoms with Crippen LogP contribution in [0.2, 0.25) is 0 Å². The molecule has 0 aliphatic carbocycles. The average molecular weight is 297 g/mol. The van der Waals surface area contributed by atoms with Crippen molar-refractivity contribution in [2.75, 3.05) is 43.4 Å². The molecule has 1 atom stereocenters. The summed E-state index contributed by atoms with van der Waals surface area (Å²) < 4.78 is 19.2. The summed E-state index contributed by atoms with van der Waals surface area (Å²) in [5, 5.41) is 5.86. The second-order valence-electron chi connectivity index (χ2n) is 4.72. The van der Waals surface area contributed by atoms with Crippen molar-refractivity contribution in [3.63, 3.8) is 0 Å². The van der Waals surface area contributed by atoms with Gasteiger partial charge in [0.05, 0.1) is 17.9 Å². The number of amides is 1. The number of nitrogens with two attached hydrogens (primary N) is 1. The Morgan fingerprint density at radius 3 is 2.95 bits per heavy atom. The van der Waals surface area contributed by atoms with E-state index in [-0.39, 0.29) is 6.10 Å². The summed E-state index contributed by atoms with van der Waals surface area (Å²) in [5.74, 6) is 4.72. The predicted molar refractivity (Wildman–Crippen MR) is 78.6 cm³/mol. The molecule has 1 fully saturated rings. The molecule has 1 aliphatic rings. The van der Waals surface area contributed by atoms with E-state index in [0.717, 1.165) is 0 Å². The Hall–Kier alpha value is -1.90. The zero-order valence-electron chi connectivity index (χ0n) is 11.9.